The molecule has 0 radical (unpaired) electrons. The van der Waals surface area contributed by atoms with Crippen LogP contribution in [0.25, 0.3) is 10.8 Å². The van der Waals surface area contributed by atoms with Gasteiger partial charge in [-0.1, -0.05) is 42.3 Å². The molecule has 10 nitrogen and oxygen atoms in total. The van der Waals surface area contributed by atoms with Crippen LogP contribution in [-0.2, 0) is 17.8 Å². The zero-order valence-electron chi connectivity index (χ0n) is 27.2. The summed E-state index contributed by atoms with van der Waals surface area (Å²) in [7, 11) is 2.17. The van der Waals surface area contributed by atoms with Gasteiger partial charge in [-0.05, 0) is 51.2 Å². The number of likely N-dealkylation sites (N-methyl/N-ethyl adjacent to an activating group) is 1. The standard InChI is InChI=1S/C33H39N7O.C2HF3O2/c1-3-4-18-38-20-21-40(22-26(38)14-16-34)32-29-15-19-39(31-13-7-10-25-9-5-6-12-28(25)31)23-30(29)35-33(36-32)41-24-27-11-8-17-37(27)2;3-2(4,5)1(6)7/h5-7,9-10,12-13,26-27H,8,11,14-15,17-24H2,1-2H3;(H,6,7). The van der Waals surface area contributed by atoms with Crippen molar-refractivity contribution in [1.82, 2.24) is 19.8 Å². The van der Waals surface area contributed by atoms with E-state index in [0.717, 1.165) is 57.1 Å². The summed E-state index contributed by atoms with van der Waals surface area (Å²) in [4.78, 5) is 28.5. The van der Waals surface area contributed by atoms with Gasteiger partial charge in [0.2, 0.25) is 0 Å². The highest BCUT2D eigenvalue weighted by atomic mass is 19.4. The van der Waals surface area contributed by atoms with Gasteiger partial charge in [0.05, 0.1) is 31.3 Å². The number of aliphatic carboxylic acids is 1. The molecule has 0 aliphatic carbocycles. The Balaban J connectivity index is 0.000000582. The molecule has 13 heteroatoms. The summed E-state index contributed by atoms with van der Waals surface area (Å²) >= 11 is 0. The molecule has 4 heterocycles. The van der Waals surface area contributed by atoms with Crippen molar-refractivity contribution >= 4 is 28.2 Å². The number of ether oxygens (including phenoxy) is 1. The minimum atomic E-state index is -5.08. The van der Waals surface area contributed by atoms with E-state index in [1.807, 2.05) is 6.92 Å². The van der Waals surface area contributed by atoms with Crippen LogP contribution in [0.1, 0.15) is 37.4 Å². The lowest BCUT2D eigenvalue weighted by atomic mass is 10.0. The summed E-state index contributed by atoms with van der Waals surface area (Å²) < 4.78 is 38.1. The molecule has 1 aromatic heterocycles. The van der Waals surface area contributed by atoms with E-state index in [2.05, 4.69) is 87.0 Å². The van der Waals surface area contributed by atoms with E-state index < -0.39 is 12.1 Å². The van der Waals surface area contributed by atoms with Crippen LogP contribution >= 0.6 is 0 Å². The van der Waals surface area contributed by atoms with Crippen molar-refractivity contribution in [2.24, 2.45) is 0 Å². The van der Waals surface area contributed by atoms with Gasteiger partial charge in [-0.15, -0.1) is 5.92 Å². The van der Waals surface area contributed by atoms with Crippen LogP contribution in [0.15, 0.2) is 42.5 Å². The number of benzene rings is 2. The first-order valence-electron chi connectivity index (χ1n) is 16.1. The van der Waals surface area contributed by atoms with Crippen LogP contribution in [0.3, 0.4) is 0 Å². The molecule has 48 heavy (non-hydrogen) atoms. The van der Waals surface area contributed by atoms with Gasteiger partial charge in [0.25, 0.3) is 0 Å². The van der Waals surface area contributed by atoms with E-state index in [4.69, 9.17) is 24.6 Å². The highest BCUT2D eigenvalue weighted by Crippen LogP contribution is 2.35. The van der Waals surface area contributed by atoms with Crippen LogP contribution in [0.5, 0.6) is 6.01 Å². The van der Waals surface area contributed by atoms with Crippen molar-refractivity contribution in [2.45, 2.75) is 57.4 Å². The number of nitriles is 1. The smallest absolute Gasteiger partial charge is 0.475 e. The lowest BCUT2D eigenvalue weighted by Gasteiger charge is -2.42. The molecule has 2 atom stereocenters. The van der Waals surface area contributed by atoms with E-state index in [1.54, 1.807) is 0 Å². The average Bonchev–Trinajstić information content (AvgIpc) is 3.50. The van der Waals surface area contributed by atoms with Crippen molar-refractivity contribution in [1.29, 1.82) is 5.26 Å². The van der Waals surface area contributed by atoms with Gasteiger partial charge in [0.15, 0.2) is 0 Å². The second-order valence-corrected chi connectivity index (χ2v) is 12.2. The summed E-state index contributed by atoms with van der Waals surface area (Å²) in [5.41, 5.74) is 3.49. The summed E-state index contributed by atoms with van der Waals surface area (Å²) in [6, 6.07) is 18.5. The number of rotatable bonds is 7. The first-order valence-corrected chi connectivity index (χ1v) is 16.1. The fraction of sp³-hybridized carbons (Fsp3) is 0.486. The maximum Gasteiger partial charge on any atom is 0.490 e. The summed E-state index contributed by atoms with van der Waals surface area (Å²) in [6.07, 6.45) is -1.40. The number of likely N-dealkylation sites (tertiary alicyclic amines) is 1. The number of halogens is 3. The number of carboxylic acid groups (broad SMARTS) is 1. The number of nitrogens with zero attached hydrogens (tertiary/aromatic N) is 7. The Morgan fingerprint density at radius 3 is 2.54 bits per heavy atom. The predicted molar refractivity (Wildman–Crippen MR) is 177 cm³/mol. The second-order valence-electron chi connectivity index (χ2n) is 12.2. The van der Waals surface area contributed by atoms with Crippen LogP contribution in [0.4, 0.5) is 24.7 Å². The largest absolute Gasteiger partial charge is 0.490 e. The molecular weight excluding hydrogens is 623 g/mol. The monoisotopic (exact) mass is 663 g/mol. The van der Waals surface area contributed by atoms with Crippen LogP contribution < -0.4 is 14.5 Å². The minimum Gasteiger partial charge on any atom is -0.475 e. The van der Waals surface area contributed by atoms with E-state index >= 15 is 0 Å². The van der Waals surface area contributed by atoms with Crippen molar-refractivity contribution < 1.29 is 27.8 Å². The molecule has 2 fully saturated rings. The third-order valence-electron chi connectivity index (χ3n) is 9.14. The van der Waals surface area contributed by atoms with Crippen molar-refractivity contribution in [2.75, 3.05) is 62.7 Å². The molecule has 3 aromatic rings. The van der Waals surface area contributed by atoms with Gasteiger partial charge in [-0.3, -0.25) is 4.90 Å². The van der Waals surface area contributed by atoms with Crippen LogP contribution in [0, 0.1) is 23.2 Å². The van der Waals surface area contributed by atoms with Gasteiger partial charge in [-0.2, -0.15) is 28.4 Å². The maximum absolute atomic E-state index is 10.6. The van der Waals surface area contributed by atoms with Gasteiger partial charge >= 0.3 is 18.2 Å². The number of hydrogen-bond acceptors (Lipinski definition) is 9. The van der Waals surface area contributed by atoms with E-state index in [0.29, 0.717) is 38.2 Å². The van der Waals surface area contributed by atoms with E-state index in [9.17, 15) is 18.4 Å². The van der Waals surface area contributed by atoms with Crippen molar-refractivity contribution in [3.05, 3.63) is 53.7 Å². The Labute approximate surface area is 278 Å². The van der Waals surface area contributed by atoms with Crippen LogP contribution in [-0.4, -0.2) is 102 Å². The highest BCUT2D eigenvalue weighted by Gasteiger charge is 2.38. The number of aromatic nitrogens is 2. The molecule has 0 bridgehead atoms. The summed E-state index contributed by atoms with van der Waals surface area (Å²) in [6.45, 7) is 8.33. The van der Waals surface area contributed by atoms with Gasteiger partial charge in [-0.25, -0.2) is 4.79 Å². The summed E-state index contributed by atoms with van der Waals surface area (Å²) in [5, 5.41) is 19.2. The lowest BCUT2D eigenvalue weighted by molar-refractivity contribution is -0.192. The topological polar surface area (TPSA) is 109 Å². The van der Waals surface area contributed by atoms with Gasteiger partial charge in [0.1, 0.15) is 12.4 Å². The number of carboxylic acids is 1. The Bertz CT molecular complexity index is 1700. The first-order chi connectivity index (χ1) is 23.1. The van der Waals surface area contributed by atoms with Crippen molar-refractivity contribution in [3.63, 3.8) is 0 Å². The molecule has 1 N–H and O–H groups in total. The molecule has 3 aliphatic heterocycles. The highest BCUT2D eigenvalue weighted by molar-refractivity contribution is 5.94. The normalized spacial score (nSPS) is 19.8. The molecule has 6 rings (SSSR count). The number of carbonyl (C=O) groups is 1. The molecule has 2 aromatic carbocycles. The van der Waals surface area contributed by atoms with E-state index in [1.165, 1.54) is 28.4 Å². The number of piperazine rings is 1. The number of fused-ring (bicyclic) bond motifs is 2. The predicted octanol–water partition coefficient (Wildman–Crippen LogP) is 4.73. The zero-order valence-corrected chi connectivity index (χ0v) is 27.2. The van der Waals surface area contributed by atoms with Gasteiger partial charge < -0.3 is 24.5 Å². The minimum absolute atomic E-state index is 0.118. The molecule has 2 unspecified atom stereocenters. The molecule has 0 saturated carbocycles. The molecule has 0 spiro atoms. The van der Waals surface area contributed by atoms with Crippen LogP contribution in [0.2, 0.25) is 0 Å². The molecule has 3 aliphatic rings. The SMILES string of the molecule is CC#CCN1CCN(c2nc(OCC3CCCN3C)nc3c2CCN(c2cccc4ccccc24)C3)CC1CC#N.O=C(O)C(F)(F)F. The molecule has 0 amide bonds. The average molecular weight is 664 g/mol. The van der Waals surface area contributed by atoms with Gasteiger partial charge in [0, 0.05) is 54.9 Å². The Morgan fingerprint density at radius 2 is 1.83 bits per heavy atom. The molecule has 254 valence electrons. The fourth-order valence-electron chi connectivity index (χ4n) is 6.54. The third-order valence-corrected chi connectivity index (χ3v) is 9.14. The second kappa shape index (κ2) is 15.5. The number of anilines is 2. The quantitative estimate of drug-likeness (QED) is 0.357. The number of alkyl halides is 3. The maximum atomic E-state index is 10.6. The first kappa shape index (κ1) is 34.7. The zero-order chi connectivity index (χ0) is 34.3. The van der Waals surface area contributed by atoms with E-state index in [-0.39, 0.29) is 6.04 Å². The number of hydrogen-bond donors (Lipinski definition) is 1. The van der Waals surface area contributed by atoms with Crippen molar-refractivity contribution in [3.8, 4) is 23.9 Å². The Kier molecular flexibility index (Phi) is 11.2. The third kappa shape index (κ3) is 8.27. The Morgan fingerprint density at radius 1 is 1.06 bits per heavy atom. The Hall–Kier alpha value is -4.59. The molecular formula is C35H40F3N7O3. The summed E-state index contributed by atoms with van der Waals surface area (Å²) in [5.74, 6) is 4.42. The lowest BCUT2D eigenvalue weighted by Crippen LogP contribution is -2.53. The molecule has 2 saturated heterocycles. The fourth-order valence-corrected chi connectivity index (χ4v) is 6.54.